The summed E-state index contributed by atoms with van der Waals surface area (Å²) >= 11 is 1.58. The Bertz CT molecular complexity index is 1050. The van der Waals surface area contributed by atoms with Gasteiger partial charge in [0.2, 0.25) is 15.9 Å². The number of piperazine rings is 1. The van der Waals surface area contributed by atoms with E-state index in [-0.39, 0.29) is 16.1 Å². The average molecular weight is 448 g/mol. The summed E-state index contributed by atoms with van der Waals surface area (Å²) in [5.74, 6) is 0.692. The van der Waals surface area contributed by atoms with Gasteiger partial charge in [0.15, 0.2) is 0 Å². The fourth-order valence-electron chi connectivity index (χ4n) is 3.73. The number of methoxy groups -OCH3 is 1. The number of rotatable bonds is 4. The zero-order valence-electron chi connectivity index (χ0n) is 17.0. The molecule has 9 heteroatoms. The molecule has 0 radical (unpaired) electrons. The van der Waals surface area contributed by atoms with Gasteiger partial charge in [-0.05, 0) is 30.3 Å². The highest BCUT2D eigenvalue weighted by atomic mass is 32.2. The molecule has 1 saturated heterocycles. The van der Waals surface area contributed by atoms with Crippen molar-refractivity contribution >= 4 is 39.1 Å². The van der Waals surface area contributed by atoms with Crippen LogP contribution in [0.3, 0.4) is 0 Å². The Morgan fingerprint density at radius 1 is 1.10 bits per heavy atom. The fourth-order valence-corrected chi connectivity index (χ4v) is 6.23. The molecule has 0 spiro atoms. The average Bonchev–Trinajstić information content (AvgIpc) is 2.89. The fraction of sp³-hybridized carbons (Fsp3) is 0.381. The van der Waals surface area contributed by atoms with E-state index in [1.54, 1.807) is 37.1 Å². The lowest BCUT2D eigenvalue weighted by Gasteiger charge is -2.35. The maximum Gasteiger partial charge on any atom is 0.243 e. The predicted octanol–water partition coefficient (Wildman–Crippen LogP) is 3.03. The van der Waals surface area contributed by atoms with E-state index in [1.165, 1.54) is 4.31 Å². The minimum absolute atomic E-state index is 0.0878. The number of amides is 1. The molecule has 0 unspecified atom stereocenters. The van der Waals surface area contributed by atoms with Gasteiger partial charge in [0.25, 0.3) is 0 Å². The number of hydrogen-bond acceptors (Lipinski definition) is 6. The molecule has 2 aromatic carbocycles. The molecule has 0 bridgehead atoms. The van der Waals surface area contributed by atoms with E-state index in [0.29, 0.717) is 38.3 Å². The number of anilines is 2. The summed E-state index contributed by atoms with van der Waals surface area (Å²) in [7, 11) is -2.00. The van der Waals surface area contributed by atoms with Gasteiger partial charge in [0.05, 0.1) is 17.7 Å². The highest BCUT2D eigenvalue weighted by Crippen LogP contribution is 2.37. The summed E-state index contributed by atoms with van der Waals surface area (Å²) in [4.78, 5) is 15.3. The standard InChI is InChI=1S/C21H25N3O4S2/c1-15-12-21(25)22-19-14-18(6-7-20(19)29-15)30(26,27)24-10-8-23(9-11-24)16-4-3-5-17(13-16)28-2/h3-7,13-15H,8-12H2,1-2H3,(H,22,25)/t15-/m1/s1. The van der Waals surface area contributed by atoms with Crippen LogP contribution < -0.4 is 15.0 Å². The van der Waals surface area contributed by atoms with Crippen LogP contribution in [0.4, 0.5) is 11.4 Å². The van der Waals surface area contributed by atoms with Crippen molar-refractivity contribution in [1.29, 1.82) is 0 Å². The van der Waals surface area contributed by atoms with Crippen LogP contribution in [-0.4, -0.2) is 57.2 Å². The molecule has 2 heterocycles. The van der Waals surface area contributed by atoms with Gasteiger partial charge >= 0.3 is 0 Å². The molecule has 160 valence electrons. The number of nitrogens with zero attached hydrogens (tertiary/aromatic N) is 2. The van der Waals surface area contributed by atoms with Crippen LogP contribution in [0.2, 0.25) is 0 Å². The Morgan fingerprint density at radius 2 is 1.87 bits per heavy atom. The number of sulfonamides is 1. The molecule has 7 nitrogen and oxygen atoms in total. The number of thioether (sulfide) groups is 1. The second kappa shape index (κ2) is 8.49. The Morgan fingerprint density at radius 3 is 2.60 bits per heavy atom. The summed E-state index contributed by atoms with van der Waals surface area (Å²) in [6.07, 6.45) is 0.410. The molecule has 0 saturated carbocycles. The Kier molecular flexibility index (Phi) is 5.95. The molecule has 1 atom stereocenters. The molecule has 0 aromatic heterocycles. The Balaban J connectivity index is 1.50. The highest BCUT2D eigenvalue weighted by Gasteiger charge is 2.30. The lowest BCUT2D eigenvalue weighted by Crippen LogP contribution is -2.48. The quantitative estimate of drug-likeness (QED) is 0.776. The van der Waals surface area contributed by atoms with Gasteiger partial charge in [-0.1, -0.05) is 13.0 Å². The molecule has 2 aliphatic heterocycles. The predicted molar refractivity (Wildman–Crippen MR) is 119 cm³/mol. The third-order valence-corrected chi connectivity index (χ3v) is 8.39. The molecule has 1 fully saturated rings. The summed E-state index contributed by atoms with van der Waals surface area (Å²) in [6, 6.07) is 12.8. The third kappa shape index (κ3) is 4.28. The maximum atomic E-state index is 13.2. The number of carbonyl (C=O) groups is 1. The minimum atomic E-state index is -3.64. The summed E-state index contributed by atoms with van der Waals surface area (Å²) in [6.45, 7) is 3.98. The molecule has 2 aliphatic rings. The Hall–Kier alpha value is -2.23. The maximum absolute atomic E-state index is 13.2. The van der Waals surface area contributed by atoms with Crippen LogP contribution in [0, 0.1) is 0 Å². The van der Waals surface area contributed by atoms with Gasteiger partial charge in [-0.15, -0.1) is 11.8 Å². The molecule has 2 aromatic rings. The molecular formula is C21H25N3O4S2. The van der Waals surface area contributed by atoms with Crippen molar-refractivity contribution in [1.82, 2.24) is 4.31 Å². The van der Waals surface area contributed by atoms with E-state index in [1.807, 2.05) is 31.2 Å². The van der Waals surface area contributed by atoms with Crippen LogP contribution >= 0.6 is 11.8 Å². The topological polar surface area (TPSA) is 79.0 Å². The first-order valence-electron chi connectivity index (χ1n) is 9.86. The lowest BCUT2D eigenvalue weighted by atomic mass is 10.2. The van der Waals surface area contributed by atoms with E-state index in [4.69, 9.17) is 4.74 Å². The first-order chi connectivity index (χ1) is 14.4. The van der Waals surface area contributed by atoms with Crippen molar-refractivity contribution in [3.63, 3.8) is 0 Å². The summed E-state index contributed by atoms with van der Waals surface area (Å²) < 4.78 is 33.2. The second-order valence-electron chi connectivity index (χ2n) is 7.43. The number of hydrogen-bond donors (Lipinski definition) is 1. The van der Waals surface area contributed by atoms with Crippen LogP contribution in [0.1, 0.15) is 13.3 Å². The minimum Gasteiger partial charge on any atom is -0.497 e. The number of carbonyl (C=O) groups excluding carboxylic acids is 1. The molecule has 1 N–H and O–H groups in total. The first-order valence-corrected chi connectivity index (χ1v) is 12.2. The molecule has 4 rings (SSSR count). The van der Waals surface area contributed by atoms with Gasteiger partial charge in [0, 0.05) is 54.5 Å². The van der Waals surface area contributed by atoms with Crippen LogP contribution in [-0.2, 0) is 14.8 Å². The largest absolute Gasteiger partial charge is 0.497 e. The van der Waals surface area contributed by atoms with Crippen molar-refractivity contribution < 1.29 is 17.9 Å². The van der Waals surface area contributed by atoms with Crippen molar-refractivity contribution in [2.75, 3.05) is 43.5 Å². The van der Waals surface area contributed by atoms with Gasteiger partial charge in [0.1, 0.15) is 5.75 Å². The Labute approximate surface area is 181 Å². The molecule has 30 heavy (non-hydrogen) atoms. The second-order valence-corrected chi connectivity index (χ2v) is 10.8. The van der Waals surface area contributed by atoms with Crippen LogP contribution in [0.25, 0.3) is 0 Å². The summed E-state index contributed by atoms with van der Waals surface area (Å²) in [5, 5.41) is 3.00. The zero-order chi connectivity index (χ0) is 21.3. The lowest BCUT2D eigenvalue weighted by molar-refractivity contribution is -0.116. The molecule has 1 amide bonds. The van der Waals surface area contributed by atoms with E-state index < -0.39 is 10.0 Å². The van der Waals surface area contributed by atoms with Crippen molar-refractivity contribution in [3.8, 4) is 5.75 Å². The summed E-state index contributed by atoms with van der Waals surface area (Å²) in [5.41, 5.74) is 1.59. The number of nitrogens with one attached hydrogen (secondary N) is 1. The SMILES string of the molecule is COc1cccc(N2CCN(S(=O)(=O)c3ccc4c(c3)NC(=O)C[C@@H](C)S4)CC2)c1. The van der Waals surface area contributed by atoms with Gasteiger partial charge in [-0.25, -0.2) is 8.42 Å². The van der Waals surface area contributed by atoms with Crippen molar-refractivity contribution in [2.45, 2.75) is 28.4 Å². The van der Waals surface area contributed by atoms with Crippen molar-refractivity contribution in [2.24, 2.45) is 0 Å². The van der Waals surface area contributed by atoms with Gasteiger partial charge in [-0.2, -0.15) is 4.31 Å². The van der Waals surface area contributed by atoms with E-state index >= 15 is 0 Å². The van der Waals surface area contributed by atoms with Crippen LogP contribution in [0.5, 0.6) is 5.75 Å². The smallest absolute Gasteiger partial charge is 0.243 e. The molecule has 0 aliphatic carbocycles. The van der Waals surface area contributed by atoms with Gasteiger partial charge < -0.3 is 15.0 Å². The molecular weight excluding hydrogens is 422 g/mol. The third-order valence-electron chi connectivity index (χ3n) is 5.32. The number of fused-ring (bicyclic) bond motifs is 1. The zero-order valence-corrected chi connectivity index (χ0v) is 18.6. The normalized spacial score (nSPS) is 20.3. The van der Waals surface area contributed by atoms with E-state index in [2.05, 4.69) is 10.2 Å². The van der Waals surface area contributed by atoms with Crippen molar-refractivity contribution in [3.05, 3.63) is 42.5 Å². The number of ether oxygens (including phenoxy) is 1. The number of benzene rings is 2. The van der Waals surface area contributed by atoms with E-state index in [9.17, 15) is 13.2 Å². The van der Waals surface area contributed by atoms with Crippen LogP contribution in [0.15, 0.2) is 52.3 Å². The van der Waals surface area contributed by atoms with E-state index in [0.717, 1.165) is 16.3 Å². The first kappa shape index (κ1) is 21.0. The highest BCUT2D eigenvalue weighted by molar-refractivity contribution is 8.00. The monoisotopic (exact) mass is 447 g/mol. The van der Waals surface area contributed by atoms with Gasteiger partial charge in [-0.3, -0.25) is 4.79 Å².